The van der Waals surface area contributed by atoms with Crippen molar-refractivity contribution in [2.75, 3.05) is 12.3 Å². The predicted molar refractivity (Wildman–Crippen MR) is 44.1 cm³/mol. The van der Waals surface area contributed by atoms with E-state index in [0.29, 0.717) is 0 Å². The Morgan fingerprint density at radius 1 is 1.70 bits per heavy atom. The molecule has 1 fully saturated rings. The third-order valence-corrected chi connectivity index (χ3v) is 2.81. The predicted octanol–water partition coefficient (Wildman–Crippen LogP) is -0.168. The Bertz CT molecular complexity index is 154. The van der Waals surface area contributed by atoms with E-state index in [1.165, 1.54) is 11.8 Å². The zero-order chi connectivity index (χ0) is 7.61. The van der Waals surface area contributed by atoms with Crippen LogP contribution in [0.2, 0.25) is 0 Å². The van der Waals surface area contributed by atoms with Crippen molar-refractivity contribution in [2.45, 2.75) is 5.56 Å². The lowest BCUT2D eigenvalue weighted by Crippen LogP contribution is -2.21. The van der Waals surface area contributed by atoms with Crippen molar-refractivity contribution in [1.82, 2.24) is 5.32 Å². The zero-order valence-corrected chi connectivity index (χ0v) is 7.59. The highest BCUT2D eigenvalue weighted by Gasteiger charge is 2.21. The van der Waals surface area contributed by atoms with Crippen molar-refractivity contribution >= 4 is 30.3 Å². The minimum absolute atomic E-state index is 0.333. The number of nitrogens with one attached hydrogen (secondary N) is 1. The van der Waals surface area contributed by atoms with E-state index in [-0.39, 0.29) is 5.56 Å². The van der Waals surface area contributed by atoms with E-state index < -0.39 is 6.72 Å². The summed E-state index contributed by atoms with van der Waals surface area (Å²) < 4.78 is 4.69. The molecule has 1 heterocycles. The number of thioether (sulfide) groups is 1. The molecule has 0 amide bonds. The molecule has 1 aliphatic heterocycles. The van der Waals surface area contributed by atoms with E-state index in [4.69, 9.17) is 9.79 Å². The molecule has 1 aliphatic rings. The van der Waals surface area contributed by atoms with Gasteiger partial charge in [-0.2, -0.15) is 0 Å². The second kappa shape index (κ2) is 3.49. The van der Waals surface area contributed by atoms with Crippen molar-refractivity contribution in [3.63, 3.8) is 0 Å². The molecule has 0 bridgehead atoms. The third kappa shape index (κ3) is 3.30. The first-order chi connectivity index (χ1) is 4.58. The van der Waals surface area contributed by atoms with Gasteiger partial charge in [0.25, 0.3) is 0 Å². The Morgan fingerprint density at radius 3 is 2.80 bits per heavy atom. The lowest BCUT2D eigenvalue weighted by molar-refractivity contribution is 0.214. The highest BCUT2D eigenvalue weighted by molar-refractivity contribution is 8.07. The number of hydrogen-bond donors (Lipinski definition) is 3. The number of hydrogen-bond acceptors (Lipinski definition) is 4. The largest absolute Gasteiger partial charge is 0.324 e. The molecule has 7 heteroatoms. The van der Waals surface area contributed by atoms with Crippen molar-refractivity contribution in [1.29, 1.82) is 0 Å². The van der Waals surface area contributed by atoms with Crippen LogP contribution in [0, 0.1) is 0 Å². The molecule has 10 heavy (non-hydrogen) atoms. The van der Waals surface area contributed by atoms with Gasteiger partial charge in [-0.25, -0.2) is 0 Å². The SMILES string of the molecule is OP(O)(=S)OC1NCCS1. The molecule has 0 aromatic heterocycles. The molecule has 0 aromatic carbocycles. The smallest absolute Gasteiger partial charge is 0.324 e. The maximum absolute atomic E-state index is 8.68. The lowest BCUT2D eigenvalue weighted by atomic mass is 10.8. The summed E-state index contributed by atoms with van der Waals surface area (Å²) in [5.41, 5.74) is -0.333. The monoisotopic (exact) mass is 201 g/mol. The van der Waals surface area contributed by atoms with Crippen LogP contribution in [0.5, 0.6) is 0 Å². The van der Waals surface area contributed by atoms with Crippen molar-refractivity contribution in [3.8, 4) is 0 Å². The van der Waals surface area contributed by atoms with Crippen LogP contribution < -0.4 is 5.32 Å². The van der Waals surface area contributed by atoms with Crippen molar-refractivity contribution in [3.05, 3.63) is 0 Å². The van der Waals surface area contributed by atoms with Crippen LogP contribution >= 0.6 is 18.5 Å². The molecule has 1 atom stereocenters. The van der Waals surface area contributed by atoms with E-state index in [9.17, 15) is 0 Å². The van der Waals surface area contributed by atoms with E-state index in [1.54, 1.807) is 0 Å². The van der Waals surface area contributed by atoms with Gasteiger partial charge in [0.15, 0.2) is 5.56 Å². The van der Waals surface area contributed by atoms with Gasteiger partial charge < -0.3 is 9.79 Å². The minimum atomic E-state index is -3.46. The Labute approximate surface area is 68.2 Å². The molecule has 4 nitrogen and oxygen atoms in total. The van der Waals surface area contributed by atoms with Crippen molar-refractivity contribution < 1.29 is 14.3 Å². The van der Waals surface area contributed by atoms with Gasteiger partial charge in [0.2, 0.25) is 0 Å². The third-order valence-electron chi connectivity index (χ3n) is 0.915. The Hall–Kier alpha value is 0.840. The summed E-state index contributed by atoms with van der Waals surface area (Å²) in [6.45, 7) is -2.64. The van der Waals surface area contributed by atoms with E-state index in [1.807, 2.05) is 0 Å². The maximum Gasteiger partial charge on any atom is 0.324 e. The molecule has 0 spiro atoms. The fraction of sp³-hybridized carbons (Fsp3) is 1.00. The highest BCUT2D eigenvalue weighted by Crippen LogP contribution is 2.40. The summed E-state index contributed by atoms with van der Waals surface area (Å²) in [4.78, 5) is 17.4. The van der Waals surface area contributed by atoms with E-state index in [0.717, 1.165) is 12.3 Å². The quantitative estimate of drug-likeness (QED) is 0.539. The second-order valence-electron chi connectivity index (χ2n) is 1.75. The van der Waals surface area contributed by atoms with E-state index in [2.05, 4.69) is 21.6 Å². The molecular formula is C3H8NO3PS2. The van der Waals surface area contributed by atoms with Crippen LogP contribution in [0.25, 0.3) is 0 Å². The summed E-state index contributed by atoms with van der Waals surface area (Å²) in [7, 11) is 0. The fourth-order valence-corrected chi connectivity index (χ4v) is 2.63. The minimum Gasteiger partial charge on any atom is -0.324 e. The molecule has 60 valence electrons. The van der Waals surface area contributed by atoms with Crippen molar-refractivity contribution in [2.24, 2.45) is 0 Å². The zero-order valence-electron chi connectivity index (χ0n) is 5.06. The van der Waals surface area contributed by atoms with Crippen LogP contribution in [-0.2, 0) is 16.3 Å². The van der Waals surface area contributed by atoms with Gasteiger partial charge in [-0.15, -0.1) is 11.8 Å². The average Bonchev–Trinajstić information content (AvgIpc) is 2.12. The summed E-state index contributed by atoms with van der Waals surface area (Å²) in [6.07, 6.45) is 0. The molecule has 0 saturated carbocycles. The van der Waals surface area contributed by atoms with Crippen LogP contribution in [-0.4, -0.2) is 27.6 Å². The number of rotatable bonds is 2. The second-order valence-corrected chi connectivity index (χ2v) is 5.54. The Morgan fingerprint density at radius 2 is 2.40 bits per heavy atom. The van der Waals surface area contributed by atoms with Gasteiger partial charge in [-0.05, 0) is 11.8 Å². The standard InChI is InChI=1S/C3H8NO3PS2/c5-8(6,9)7-3-4-1-2-10-3/h3-4H,1-2H2,(H2,5,6,9). The van der Waals surface area contributed by atoms with Gasteiger partial charge in [0.05, 0.1) is 0 Å². The molecular weight excluding hydrogens is 193 g/mol. The van der Waals surface area contributed by atoms with Crippen LogP contribution in [0.4, 0.5) is 0 Å². The van der Waals surface area contributed by atoms with Crippen LogP contribution in [0.1, 0.15) is 0 Å². The Kier molecular flexibility index (Phi) is 3.12. The first kappa shape index (κ1) is 8.93. The average molecular weight is 201 g/mol. The molecule has 0 radical (unpaired) electrons. The molecule has 1 unspecified atom stereocenters. The molecule has 3 N–H and O–H groups in total. The van der Waals surface area contributed by atoms with Gasteiger partial charge in [-0.1, -0.05) is 0 Å². The van der Waals surface area contributed by atoms with Gasteiger partial charge in [-0.3, -0.25) is 9.84 Å². The summed E-state index contributed by atoms with van der Waals surface area (Å²) in [6, 6.07) is 0. The molecule has 0 aliphatic carbocycles. The first-order valence-corrected chi connectivity index (χ1v) is 6.34. The summed E-state index contributed by atoms with van der Waals surface area (Å²) in [5, 5.41) is 2.89. The Balaban J connectivity index is 2.31. The molecule has 1 saturated heterocycles. The topological polar surface area (TPSA) is 61.7 Å². The normalized spacial score (nSPS) is 27.2. The van der Waals surface area contributed by atoms with E-state index >= 15 is 0 Å². The van der Waals surface area contributed by atoms with Crippen LogP contribution in [0.3, 0.4) is 0 Å². The first-order valence-electron chi connectivity index (χ1n) is 2.67. The fourth-order valence-electron chi connectivity index (χ4n) is 0.594. The van der Waals surface area contributed by atoms with Crippen LogP contribution in [0.15, 0.2) is 0 Å². The molecule has 0 aromatic rings. The highest BCUT2D eigenvalue weighted by atomic mass is 32.5. The molecule has 1 rings (SSSR count). The summed E-state index contributed by atoms with van der Waals surface area (Å²) >= 11 is 5.75. The van der Waals surface area contributed by atoms with Gasteiger partial charge in [0, 0.05) is 12.3 Å². The maximum atomic E-state index is 8.68. The summed E-state index contributed by atoms with van der Waals surface area (Å²) in [5.74, 6) is 0.917. The lowest BCUT2D eigenvalue weighted by Gasteiger charge is -2.13. The van der Waals surface area contributed by atoms with Gasteiger partial charge >= 0.3 is 6.72 Å². The van der Waals surface area contributed by atoms with Gasteiger partial charge in [0.1, 0.15) is 0 Å².